The van der Waals surface area contributed by atoms with E-state index >= 15 is 0 Å². The highest BCUT2D eigenvalue weighted by atomic mass is 32.1. The predicted octanol–water partition coefficient (Wildman–Crippen LogP) is 3.08. The van der Waals surface area contributed by atoms with Gasteiger partial charge in [-0.05, 0) is 36.3 Å². The molecule has 1 aromatic heterocycles. The number of carbonyl (C=O) groups is 3. The van der Waals surface area contributed by atoms with Crippen molar-refractivity contribution in [2.24, 2.45) is 5.92 Å². The van der Waals surface area contributed by atoms with Crippen molar-refractivity contribution in [1.29, 1.82) is 0 Å². The number of nitrogens with one attached hydrogen (secondary N) is 1. The monoisotopic (exact) mass is 425 g/mol. The van der Waals surface area contributed by atoms with Crippen molar-refractivity contribution < 1.29 is 14.4 Å². The third-order valence-electron chi connectivity index (χ3n) is 5.74. The summed E-state index contributed by atoms with van der Waals surface area (Å²) in [5, 5.41) is 6.68. The first kappa shape index (κ1) is 20.6. The first-order valence-corrected chi connectivity index (χ1v) is 11.5. The molecule has 1 aliphatic heterocycles. The number of benzene rings is 1. The smallest absolute Gasteiger partial charge is 0.254 e. The third kappa shape index (κ3) is 4.90. The molecule has 1 N–H and O–H groups in total. The van der Waals surface area contributed by atoms with Crippen LogP contribution in [-0.2, 0) is 9.59 Å². The molecule has 7 heteroatoms. The molecule has 2 fully saturated rings. The summed E-state index contributed by atoms with van der Waals surface area (Å²) in [6.45, 7) is 1.97. The van der Waals surface area contributed by atoms with Crippen molar-refractivity contribution >= 4 is 29.1 Å². The Labute approximate surface area is 180 Å². The Kier molecular flexibility index (Phi) is 6.47. The first-order chi connectivity index (χ1) is 14.6. The molecule has 1 aromatic carbocycles. The van der Waals surface area contributed by atoms with Crippen molar-refractivity contribution in [3.8, 4) is 0 Å². The van der Waals surface area contributed by atoms with Crippen LogP contribution in [0.5, 0.6) is 0 Å². The van der Waals surface area contributed by atoms with E-state index < -0.39 is 0 Å². The SMILES string of the molecule is O=C1CC(c2ccccc2)N(C(=O)C2CC2)CCCN(C(=O)c2ccsc2)CCN1. The number of thiophene rings is 1. The van der Waals surface area contributed by atoms with Gasteiger partial charge in [0.1, 0.15) is 0 Å². The van der Waals surface area contributed by atoms with E-state index in [1.54, 1.807) is 4.90 Å². The lowest BCUT2D eigenvalue weighted by atomic mass is 10.0. The van der Waals surface area contributed by atoms with Crippen molar-refractivity contribution in [2.75, 3.05) is 26.2 Å². The summed E-state index contributed by atoms with van der Waals surface area (Å²) in [6, 6.07) is 11.3. The second-order valence-electron chi connectivity index (χ2n) is 7.94. The Hall–Kier alpha value is -2.67. The number of hydrogen-bond acceptors (Lipinski definition) is 4. The van der Waals surface area contributed by atoms with E-state index in [4.69, 9.17) is 0 Å². The molecule has 1 saturated heterocycles. The fourth-order valence-corrected chi connectivity index (χ4v) is 4.59. The fraction of sp³-hybridized carbons (Fsp3) is 0.435. The molecule has 2 aromatic rings. The van der Waals surface area contributed by atoms with Gasteiger partial charge >= 0.3 is 0 Å². The van der Waals surface area contributed by atoms with E-state index in [1.165, 1.54) is 11.3 Å². The minimum absolute atomic E-state index is 0.0237. The predicted molar refractivity (Wildman–Crippen MR) is 116 cm³/mol. The van der Waals surface area contributed by atoms with E-state index in [-0.39, 0.29) is 36.1 Å². The van der Waals surface area contributed by atoms with E-state index in [1.807, 2.05) is 52.1 Å². The summed E-state index contributed by atoms with van der Waals surface area (Å²) in [5.74, 6) is 0.0891. The zero-order valence-corrected chi connectivity index (χ0v) is 17.8. The van der Waals surface area contributed by atoms with Gasteiger partial charge in [0.05, 0.1) is 18.0 Å². The molecule has 1 atom stereocenters. The normalized spacial score (nSPS) is 20.9. The van der Waals surface area contributed by atoms with Crippen molar-refractivity contribution in [3.63, 3.8) is 0 Å². The zero-order chi connectivity index (χ0) is 20.9. The van der Waals surface area contributed by atoms with Crippen molar-refractivity contribution in [1.82, 2.24) is 15.1 Å². The van der Waals surface area contributed by atoms with E-state index in [2.05, 4.69) is 5.32 Å². The van der Waals surface area contributed by atoms with Gasteiger partial charge in [0, 0.05) is 37.5 Å². The molecule has 0 radical (unpaired) electrons. The maximum Gasteiger partial charge on any atom is 0.254 e. The van der Waals surface area contributed by atoms with Gasteiger partial charge in [-0.1, -0.05) is 30.3 Å². The summed E-state index contributed by atoms with van der Waals surface area (Å²) in [4.78, 5) is 42.3. The zero-order valence-electron chi connectivity index (χ0n) is 17.0. The van der Waals surface area contributed by atoms with Crippen LogP contribution >= 0.6 is 11.3 Å². The van der Waals surface area contributed by atoms with Gasteiger partial charge in [-0.25, -0.2) is 0 Å². The molecule has 1 saturated carbocycles. The van der Waals surface area contributed by atoms with Crippen LogP contribution in [0.25, 0.3) is 0 Å². The highest BCUT2D eigenvalue weighted by Gasteiger charge is 2.37. The van der Waals surface area contributed by atoms with Gasteiger partial charge < -0.3 is 15.1 Å². The quantitative estimate of drug-likeness (QED) is 0.822. The molecule has 4 rings (SSSR count). The molecule has 2 heterocycles. The van der Waals surface area contributed by atoms with Gasteiger partial charge in [0.25, 0.3) is 5.91 Å². The van der Waals surface area contributed by atoms with Gasteiger partial charge in [-0.15, -0.1) is 0 Å². The molecule has 0 spiro atoms. The average molecular weight is 426 g/mol. The largest absolute Gasteiger partial charge is 0.354 e. The Balaban J connectivity index is 1.56. The summed E-state index contributed by atoms with van der Waals surface area (Å²) in [6.07, 6.45) is 2.77. The van der Waals surface area contributed by atoms with Crippen LogP contribution in [0.3, 0.4) is 0 Å². The average Bonchev–Trinajstić information content (AvgIpc) is 3.48. The molecule has 2 aliphatic rings. The Morgan fingerprint density at radius 3 is 2.53 bits per heavy atom. The first-order valence-electron chi connectivity index (χ1n) is 10.6. The fourth-order valence-electron chi connectivity index (χ4n) is 3.96. The molecule has 6 nitrogen and oxygen atoms in total. The standard InChI is InChI=1S/C23H27N3O3S/c27-21-15-20(17-5-2-1-3-6-17)26(23(29)18-7-8-18)12-4-11-25(13-10-24-21)22(28)19-9-14-30-16-19/h1-3,5-6,9,14,16,18,20H,4,7-8,10-13,15H2,(H,24,27). The van der Waals surface area contributed by atoms with Crippen LogP contribution in [0.15, 0.2) is 47.2 Å². The van der Waals surface area contributed by atoms with E-state index in [9.17, 15) is 14.4 Å². The highest BCUT2D eigenvalue weighted by Crippen LogP contribution is 2.35. The van der Waals surface area contributed by atoms with Crippen LogP contribution in [0, 0.1) is 5.92 Å². The van der Waals surface area contributed by atoms with Crippen LogP contribution in [0.1, 0.15) is 47.6 Å². The van der Waals surface area contributed by atoms with E-state index in [0.717, 1.165) is 18.4 Å². The Morgan fingerprint density at radius 2 is 1.83 bits per heavy atom. The topological polar surface area (TPSA) is 69.7 Å². The molecular weight excluding hydrogens is 398 g/mol. The van der Waals surface area contributed by atoms with Gasteiger partial charge in [-0.3, -0.25) is 14.4 Å². The minimum Gasteiger partial charge on any atom is -0.354 e. The third-order valence-corrected chi connectivity index (χ3v) is 6.42. The molecule has 158 valence electrons. The summed E-state index contributed by atoms with van der Waals surface area (Å²) < 4.78 is 0. The lowest BCUT2D eigenvalue weighted by Crippen LogP contribution is -2.39. The molecule has 3 amide bonds. The van der Waals surface area contributed by atoms with Gasteiger partial charge in [0.2, 0.25) is 11.8 Å². The molecule has 30 heavy (non-hydrogen) atoms. The number of carbonyl (C=O) groups excluding carboxylic acids is 3. The lowest BCUT2D eigenvalue weighted by molar-refractivity contribution is -0.136. The number of hydrogen-bond donors (Lipinski definition) is 1. The van der Waals surface area contributed by atoms with Crippen LogP contribution in [-0.4, -0.2) is 53.7 Å². The molecular formula is C23H27N3O3S. The second-order valence-corrected chi connectivity index (χ2v) is 8.72. The number of rotatable bonds is 3. The maximum atomic E-state index is 13.1. The van der Waals surface area contributed by atoms with E-state index in [0.29, 0.717) is 38.2 Å². The highest BCUT2D eigenvalue weighted by molar-refractivity contribution is 7.08. The molecule has 1 unspecified atom stereocenters. The number of amides is 3. The molecule has 1 aliphatic carbocycles. The van der Waals surface area contributed by atoms with Crippen LogP contribution in [0.2, 0.25) is 0 Å². The molecule has 0 bridgehead atoms. The van der Waals surface area contributed by atoms with Crippen LogP contribution in [0.4, 0.5) is 0 Å². The second kappa shape index (κ2) is 9.43. The minimum atomic E-state index is -0.279. The summed E-state index contributed by atoms with van der Waals surface area (Å²) >= 11 is 1.49. The van der Waals surface area contributed by atoms with Gasteiger partial charge in [-0.2, -0.15) is 11.3 Å². The van der Waals surface area contributed by atoms with Crippen molar-refractivity contribution in [2.45, 2.75) is 31.7 Å². The Bertz CT molecular complexity index is 880. The van der Waals surface area contributed by atoms with Crippen molar-refractivity contribution in [3.05, 3.63) is 58.3 Å². The lowest BCUT2D eigenvalue weighted by Gasteiger charge is -2.32. The Morgan fingerprint density at radius 1 is 1.03 bits per heavy atom. The van der Waals surface area contributed by atoms with Gasteiger partial charge in [0.15, 0.2) is 0 Å². The summed E-state index contributed by atoms with van der Waals surface area (Å²) in [7, 11) is 0. The maximum absolute atomic E-state index is 13.1. The van der Waals surface area contributed by atoms with Crippen LogP contribution < -0.4 is 5.32 Å². The number of nitrogens with zero attached hydrogens (tertiary/aromatic N) is 2. The summed E-state index contributed by atoms with van der Waals surface area (Å²) in [5.41, 5.74) is 1.65.